The molecule has 0 spiro atoms. The Bertz CT molecular complexity index is 438. The molecular formula is C15H23NO3. The van der Waals surface area contributed by atoms with Crippen molar-refractivity contribution < 1.29 is 14.2 Å². The Morgan fingerprint density at radius 2 is 1.89 bits per heavy atom. The molecule has 1 aliphatic rings. The van der Waals surface area contributed by atoms with Crippen LogP contribution in [-0.2, 0) is 6.54 Å². The molecule has 106 valence electrons. The zero-order valence-corrected chi connectivity index (χ0v) is 12.2. The minimum Gasteiger partial charge on any atom is -0.493 e. The van der Waals surface area contributed by atoms with Crippen LogP contribution >= 0.6 is 0 Å². The van der Waals surface area contributed by atoms with E-state index in [1.54, 1.807) is 0 Å². The van der Waals surface area contributed by atoms with Gasteiger partial charge in [-0.25, -0.2) is 0 Å². The van der Waals surface area contributed by atoms with Gasteiger partial charge in [-0.05, 0) is 24.9 Å². The highest BCUT2D eigenvalue weighted by atomic mass is 16.7. The second kappa shape index (κ2) is 5.70. The third-order valence-corrected chi connectivity index (χ3v) is 3.03. The number of benzene rings is 1. The lowest BCUT2D eigenvalue weighted by molar-refractivity contribution is 0.173. The van der Waals surface area contributed by atoms with Gasteiger partial charge < -0.3 is 19.5 Å². The van der Waals surface area contributed by atoms with Crippen LogP contribution in [0.3, 0.4) is 0 Å². The highest BCUT2D eigenvalue weighted by Gasteiger charge is 2.18. The lowest BCUT2D eigenvalue weighted by Crippen LogP contribution is -2.13. The van der Waals surface area contributed by atoms with Gasteiger partial charge in [0.2, 0.25) is 6.79 Å². The summed E-state index contributed by atoms with van der Waals surface area (Å²) in [7, 11) is 1.92. The number of hydrogen-bond donors (Lipinski definition) is 1. The van der Waals surface area contributed by atoms with Crippen molar-refractivity contribution in [1.29, 1.82) is 0 Å². The third-order valence-electron chi connectivity index (χ3n) is 3.03. The van der Waals surface area contributed by atoms with Crippen molar-refractivity contribution in [2.45, 2.75) is 33.7 Å². The average molecular weight is 265 g/mol. The standard InChI is InChI=1S/C15H23NO3/c1-15(2,3)5-6-17-12-8-14-13(18-10-19-14)7-11(12)9-16-4/h7-8,16H,5-6,9-10H2,1-4H3. The van der Waals surface area contributed by atoms with Gasteiger partial charge >= 0.3 is 0 Å². The summed E-state index contributed by atoms with van der Waals surface area (Å²) >= 11 is 0. The Morgan fingerprint density at radius 1 is 1.21 bits per heavy atom. The van der Waals surface area contributed by atoms with Crippen LogP contribution in [0.15, 0.2) is 12.1 Å². The highest BCUT2D eigenvalue weighted by Crippen LogP contribution is 2.38. The van der Waals surface area contributed by atoms with Crippen LogP contribution in [0, 0.1) is 5.41 Å². The lowest BCUT2D eigenvalue weighted by atomic mass is 9.93. The molecule has 0 fully saturated rings. The number of nitrogens with one attached hydrogen (secondary N) is 1. The number of rotatable bonds is 5. The van der Waals surface area contributed by atoms with Gasteiger partial charge in [-0.2, -0.15) is 0 Å². The summed E-state index contributed by atoms with van der Waals surface area (Å²) in [6.45, 7) is 8.39. The van der Waals surface area contributed by atoms with Gasteiger partial charge in [0.05, 0.1) is 6.61 Å². The smallest absolute Gasteiger partial charge is 0.231 e. The molecule has 1 aromatic carbocycles. The molecule has 4 heteroatoms. The number of ether oxygens (including phenoxy) is 3. The molecule has 4 nitrogen and oxygen atoms in total. The van der Waals surface area contributed by atoms with Crippen LogP contribution < -0.4 is 19.5 Å². The van der Waals surface area contributed by atoms with Crippen molar-refractivity contribution in [2.75, 3.05) is 20.4 Å². The zero-order chi connectivity index (χ0) is 13.9. The Balaban J connectivity index is 2.09. The summed E-state index contributed by atoms with van der Waals surface area (Å²) in [5.74, 6) is 2.45. The monoisotopic (exact) mass is 265 g/mol. The minimum atomic E-state index is 0.277. The maximum Gasteiger partial charge on any atom is 0.231 e. The van der Waals surface area contributed by atoms with E-state index in [1.807, 2.05) is 19.2 Å². The maximum absolute atomic E-state index is 5.92. The Kier molecular flexibility index (Phi) is 4.20. The molecule has 1 N–H and O–H groups in total. The van der Waals surface area contributed by atoms with E-state index in [9.17, 15) is 0 Å². The molecule has 0 atom stereocenters. The van der Waals surface area contributed by atoms with E-state index < -0.39 is 0 Å². The molecule has 1 aliphatic heterocycles. The molecule has 0 aromatic heterocycles. The van der Waals surface area contributed by atoms with Crippen LogP contribution in [-0.4, -0.2) is 20.4 Å². The largest absolute Gasteiger partial charge is 0.493 e. The average Bonchev–Trinajstić information content (AvgIpc) is 2.75. The minimum absolute atomic E-state index is 0.277. The molecule has 0 unspecified atom stereocenters. The molecule has 0 bridgehead atoms. The van der Waals surface area contributed by atoms with E-state index in [2.05, 4.69) is 26.1 Å². The molecule has 19 heavy (non-hydrogen) atoms. The van der Waals surface area contributed by atoms with Gasteiger partial charge in [0.1, 0.15) is 5.75 Å². The Labute approximate surface area is 115 Å². The molecule has 1 aromatic rings. The summed E-state index contributed by atoms with van der Waals surface area (Å²) in [6.07, 6.45) is 1.01. The molecule has 2 rings (SSSR count). The van der Waals surface area contributed by atoms with Crippen LogP contribution in [0.4, 0.5) is 0 Å². The van der Waals surface area contributed by atoms with Crippen LogP contribution in [0.1, 0.15) is 32.8 Å². The predicted octanol–water partition coefficient (Wildman–Crippen LogP) is 2.95. The summed E-state index contributed by atoms with van der Waals surface area (Å²) in [5.41, 5.74) is 1.38. The first kappa shape index (κ1) is 14.0. The Morgan fingerprint density at radius 3 is 2.53 bits per heavy atom. The molecule has 0 radical (unpaired) electrons. The second-order valence-corrected chi connectivity index (χ2v) is 6.00. The SMILES string of the molecule is CNCc1cc2c(cc1OCCC(C)(C)C)OCO2. The van der Waals surface area contributed by atoms with Crippen LogP contribution in [0.2, 0.25) is 0 Å². The van der Waals surface area contributed by atoms with Crippen molar-refractivity contribution in [2.24, 2.45) is 5.41 Å². The van der Waals surface area contributed by atoms with Crippen LogP contribution in [0.25, 0.3) is 0 Å². The van der Waals surface area contributed by atoms with Gasteiger partial charge in [-0.15, -0.1) is 0 Å². The highest BCUT2D eigenvalue weighted by molar-refractivity contribution is 5.51. The molecule has 0 aliphatic carbocycles. The summed E-state index contributed by atoms with van der Waals surface area (Å²) in [6, 6.07) is 3.92. The molecular weight excluding hydrogens is 242 g/mol. The molecule has 1 heterocycles. The van der Waals surface area contributed by atoms with Gasteiger partial charge in [0.15, 0.2) is 11.5 Å². The number of fused-ring (bicyclic) bond motifs is 1. The van der Waals surface area contributed by atoms with Gasteiger partial charge in [-0.1, -0.05) is 20.8 Å². The quantitative estimate of drug-likeness (QED) is 0.888. The van der Waals surface area contributed by atoms with E-state index in [1.165, 1.54) is 0 Å². The summed E-state index contributed by atoms with van der Waals surface area (Å²) in [5, 5.41) is 3.15. The summed E-state index contributed by atoms with van der Waals surface area (Å²) in [4.78, 5) is 0. The van der Waals surface area contributed by atoms with Crippen molar-refractivity contribution in [1.82, 2.24) is 5.32 Å². The first-order chi connectivity index (χ1) is 8.99. The van der Waals surface area contributed by atoms with E-state index in [4.69, 9.17) is 14.2 Å². The van der Waals surface area contributed by atoms with Crippen molar-refractivity contribution in [3.63, 3.8) is 0 Å². The first-order valence-corrected chi connectivity index (χ1v) is 6.69. The fourth-order valence-electron chi connectivity index (χ4n) is 1.90. The van der Waals surface area contributed by atoms with E-state index in [0.717, 1.165) is 35.8 Å². The fourth-order valence-corrected chi connectivity index (χ4v) is 1.90. The predicted molar refractivity (Wildman–Crippen MR) is 74.9 cm³/mol. The maximum atomic E-state index is 5.92. The second-order valence-electron chi connectivity index (χ2n) is 6.00. The zero-order valence-electron chi connectivity index (χ0n) is 12.2. The van der Waals surface area contributed by atoms with Gasteiger partial charge in [-0.3, -0.25) is 0 Å². The summed E-state index contributed by atoms with van der Waals surface area (Å²) < 4.78 is 16.7. The fraction of sp³-hybridized carbons (Fsp3) is 0.600. The number of hydrogen-bond acceptors (Lipinski definition) is 4. The van der Waals surface area contributed by atoms with Gasteiger partial charge in [0, 0.05) is 18.2 Å². The third kappa shape index (κ3) is 3.77. The van der Waals surface area contributed by atoms with E-state index in [-0.39, 0.29) is 5.41 Å². The van der Waals surface area contributed by atoms with E-state index in [0.29, 0.717) is 13.4 Å². The topological polar surface area (TPSA) is 39.7 Å². The first-order valence-electron chi connectivity index (χ1n) is 6.69. The van der Waals surface area contributed by atoms with Crippen molar-refractivity contribution >= 4 is 0 Å². The van der Waals surface area contributed by atoms with E-state index >= 15 is 0 Å². The normalized spacial score (nSPS) is 13.7. The van der Waals surface area contributed by atoms with Crippen molar-refractivity contribution in [3.05, 3.63) is 17.7 Å². The molecule has 0 saturated heterocycles. The molecule has 0 amide bonds. The Hall–Kier alpha value is -1.42. The van der Waals surface area contributed by atoms with Crippen LogP contribution in [0.5, 0.6) is 17.2 Å². The lowest BCUT2D eigenvalue weighted by Gasteiger charge is -2.19. The van der Waals surface area contributed by atoms with Crippen molar-refractivity contribution in [3.8, 4) is 17.2 Å². The van der Waals surface area contributed by atoms with Gasteiger partial charge in [0.25, 0.3) is 0 Å². The molecule has 0 saturated carbocycles.